The third kappa shape index (κ3) is 6.22. The number of hydrogen-bond donors (Lipinski definition) is 0. The summed E-state index contributed by atoms with van der Waals surface area (Å²) in [4.78, 5) is 21.0. The van der Waals surface area contributed by atoms with E-state index in [4.69, 9.17) is 31.5 Å². The number of rotatable bonds is 7. The van der Waals surface area contributed by atoms with Gasteiger partial charge in [-0.1, -0.05) is 163 Å². The molecule has 7 aromatic rings. The molecule has 8 rings (SSSR count). The summed E-state index contributed by atoms with van der Waals surface area (Å²) in [6, 6.07) is 53.3. The highest BCUT2D eigenvalue weighted by atomic mass is 35.5. The van der Waals surface area contributed by atoms with E-state index in [1.807, 2.05) is 103 Å². The van der Waals surface area contributed by atoms with Crippen LogP contribution < -0.4 is 0 Å². The summed E-state index contributed by atoms with van der Waals surface area (Å²) in [5.41, 5.74) is 8.05. The fraction of sp³-hybridized carbons (Fsp3) is 0.0455. The molecule has 0 spiro atoms. The van der Waals surface area contributed by atoms with E-state index in [1.165, 1.54) is 5.57 Å². The molecule has 49 heavy (non-hydrogen) atoms. The topological polar surface area (TPSA) is 51.6 Å². The molecule has 2 heterocycles. The van der Waals surface area contributed by atoms with Gasteiger partial charge in [0.2, 0.25) is 0 Å². The Morgan fingerprint density at radius 1 is 0.469 bits per heavy atom. The summed E-state index contributed by atoms with van der Waals surface area (Å²) in [6.45, 7) is 0. The fourth-order valence-corrected chi connectivity index (χ4v) is 6.59. The first-order valence-corrected chi connectivity index (χ1v) is 16.7. The van der Waals surface area contributed by atoms with Gasteiger partial charge in [-0.25, -0.2) is 15.0 Å². The molecule has 0 aliphatic heterocycles. The zero-order chi connectivity index (χ0) is 33.0. The molecule has 0 saturated carbocycles. The maximum Gasteiger partial charge on any atom is 0.163 e. The monoisotopic (exact) mass is 650 g/mol. The predicted octanol–water partition coefficient (Wildman–Crippen LogP) is 10.9. The smallest absolute Gasteiger partial charge is 0.163 e. The Kier molecular flexibility index (Phi) is 8.22. The number of nitrogens with zero attached hydrogens (tertiary/aromatic N) is 4. The Morgan fingerprint density at radius 3 is 1.61 bits per heavy atom. The quantitative estimate of drug-likeness (QED) is 0.172. The molecule has 5 heteroatoms. The van der Waals surface area contributed by atoms with Gasteiger partial charge >= 0.3 is 0 Å². The maximum absolute atomic E-state index is 6.54. The molecule has 1 aliphatic carbocycles. The van der Waals surface area contributed by atoms with Crippen LogP contribution in [-0.2, 0) is 5.41 Å². The summed E-state index contributed by atoms with van der Waals surface area (Å²) in [7, 11) is 0. The second-order valence-corrected chi connectivity index (χ2v) is 12.5. The summed E-state index contributed by atoms with van der Waals surface area (Å²) in [5, 5.41) is 0.677. The second kappa shape index (κ2) is 13.3. The van der Waals surface area contributed by atoms with Crippen LogP contribution in [0.5, 0.6) is 0 Å². The van der Waals surface area contributed by atoms with Crippen molar-refractivity contribution >= 4 is 17.2 Å². The lowest BCUT2D eigenvalue weighted by molar-refractivity contribution is 0.587. The van der Waals surface area contributed by atoms with E-state index < -0.39 is 5.41 Å². The molecule has 1 unspecified atom stereocenters. The Bertz CT molecular complexity index is 2250. The highest BCUT2D eigenvalue weighted by Crippen LogP contribution is 2.45. The van der Waals surface area contributed by atoms with Gasteiger partial charge in [-0.15, -0.1) is 0 Å². The van der Waals surface area contributed by atoms with Crippen molar-refractivity contribution in [3.63, 3.8) is 0 Å². The number of hydrogen-bond acceptors (Lipinski definition) is 4. The van der Waals surface area contributed by atoms with Crippen molar-refractivity contribution in [1.29, 1.82) is 0 Å². The van der Waals surface area contributed by atoms with Crippen LogP contribution >= 0.6 is 11.6 Å². The lowest BCUT2D eigenvalue weighted by atomic mass is 9.72. The summed E-state index contributed by atoms with van der Waals surface area (Å²) in [6.07, 6.45) is 7.11. The molecular formula is C44H31ClN4. The van der Waals surface area contributed by atoms with Crippen molar-refractivity contribution in [1.82, 2.24) is 19.9 Å². The van der Waals surface area contributed by atoms with Crippen LogP contribution in [0.4, 0.5) is 0 Å². The number of benzene rings is 5. The minimum atomic E-state index is -0.839. The van der Waals surface area contributed by atoms with Gasteiger partial charge in [-0.2, -0.15) is 0 Å². The van der Waals surface area contributed by atoms with E-state index in [-0.39, 0.29) is 0 Å². The van der Waals surface area contributed by atoms with Crippen LogP contribution in [-0.4, -0.2) is 19.9 Å². The van der Waals surface area contributed by atoms with Gasteiger partial charge in [-0.3, -0.25) is 4.98 Å². The van der Waals surface area contributed by atoms with Crippen molar-refractivity contribution < 1.29 is 0 Å². The third-order valence-corrected chi connectivity index (χ3v) is 9.14. The van der Waals surface area contributed by atoms with Crippen molar-refractivity contribution in [2.45, 2.75) is 11.8 Å². The molecule has 1 atom stereocenters. The van der Waals surface area contributed by atoms with Crippen molar-refractivity contribution in [3.05, 3.63) is 198 Å². The van der Waals surface area contributed by atoms with E-state index in [9.17, 15) is 0 Å². The SMILES string of the molecule is Clc1cccc(-c2cc(-c3ccccc3)nc(C3(c4nc(-c5ccccc5)nc(-c5ccccc5)n4)C=CC=C(c4ccccc4)C3)c2)c1. The van der Waals surface area contributed by atoms with Crippen LogP contribution in [0.15, 0.2) is 176 Å². The van der Waals surface area contributed by atoms with Gasteiger partial charge in [-0.05, 0) is 52.9 Å². The van der Waals surface area contributed by atoms with Crippen LogP contribution in [0.2, 0.25) is 5.02 Å². The molecule has 5 aromatic carbocycles. The van der Waals surface area contributed by atoms with Gasteiger partial charge in [0.1, 0.15) is 5.82 Å². The normalized spacial score (nSPS) is 15.5. The standard InChI is InChI=1S/C44H31ClN4/c45-38-25-13-23-35(27-38)37-28-39(32-17-7-2-8-18-32)46-40(29-37)44(26-14-24-36(30-44)31-15-5-1-6-16-31)43-48-41(33-19-9-3-10-20-33)47-42(49-43)34-21-11-4-12-22-34/h1-29H,30H2. The second-order valence-electron chi connectivity index (χ2n) is 12.1. The van der Waals surface area contributed by atoms with Crippen molar-refractivity contribution in [2.24, 2.45) is 0 Å². The molecule has 0 amide bonds. The number of pyridine rings is 1. The van der Waals surface area contributed by atoms with Crippen LogP contribution in [0.3, 0.4) is 0 Å². The van der Waals surface area contributed by atoms with E-state index in [2.05, 4.69) is 72.8 Å². The van der Waals surface area contributed by atoms with Crippen molar-refractivity contribution in [3.8, 4) is 45.2 Å². The molecule has 0 radical (unpaired) electrons. The first-order valence-electron chi connectivity index (χ1n) is 16.3. The average molecular weight is 651 g/mol. The van der Waals surface area contributed by atoms with E-state index in [1.54, 1.807) is 0 Å². The predicted molar refractivity (Wildman–Crippen MR) is 200 cm³/mol. The van der Waals surface area contributed by atoms with Gasteiger partial charge in [0.15, 0.2) is 11.6 Å². The fourth-order valence-electron chi connectivity index (χ4n) is 6.40. The molecule has 2 aromatic heterocycles. The van der Waals surface area contributed by atoms with Crippen molar-refractivity contribution in [2.75, 3.05) is 0 Å². The lowest BCUT2D eigenvalue weighted by Gasteiger charge is -2.33. The molecule has 234 valence electrons. The molecule has 0 saturated heterocycles. The van der Waals surface area contributed by atoms with Gasteiger partial charge in [0, 0.05) is 21.7 Å². The Labute approximate surface area is 291 Å². The van der Waals surface area contributed by atoms with Crippen LogP contribution in [0.25, 0.3) is 50.7 Å². The zero-order valence-corrected chi connectivity index (χ0v) is 27.4. The Hall–Kier alpha value is -5.97. The first-order chi connectivity index (χ1) is 24.1. The molecule has 0 bridgehead atoms. The average Bonchev–Trinajstić information content (AvgIpc) is 3.19. The molecule has 0 N–H and O–H groups in total. The maximum atomic E-state index is 6.54. The molecule has 1 aliphatic rings. The minimum Gasteiger partial charge on any atom is -0.251 e. The minimum absolute atomic E-state index is 0.597. The Balaban J connectivity index is 1.42. The number of aromatic nitrogens is 4. The molecule has 4 nitrogen and oxygen atoms in total. The lowest BCUT2D eigenvalue weighted by Crippen LogP contribution is -2.32. The largest absolute Gasteiger partial charge is 0.251 e. The van der Waals surface area contributed by atoms with Gasteiger partial charge < -0.3 is 0 Å². The highest BCUT2D eigenvalue weighted by molar-refractivity contribution is 6.30. The van der Waals surface area contributed by atoms with E-state index >= 15 is 0 Å². The van der Waals surface area contributed by atoms with Crippen LogP contribution in [0.1, 0.15) is 23.5 Å². The Morgan fingerprint density at radius 2 is 1.02 bits per heavy atom. The zero-order valence-electron chi connectivity index (χ0n) is 26.6. The number of allylic oxidation sites excluding steroid dienone is 4. The van der Waals surface area contributed by atoms with E-state index in [0.717, 1.165) is 44.8 Å². The third-order valence-electron chi connectivity index (χ3n) is 8.90. The van der Waals surface area contributed by atoms with Gasteiger partial charge in [0.05, 0.1) is 16.8 Å². The molecule has 0 fully saturated rings. The highest BCUT2D eigenvalue weighted by Gasteiger charge is 2.40. The summed E-state index contributed by atoms with van der Waals surface area (Å²) in [5.74, 6) is 1.86. The number of halogens is 1. The van der Waals surface area contributed by atoms with Gasteiger partial charge in [0.25, 0.3) is 0 Å². The summed E-state index contributed by atoms with van der Waals surface area (Å²) >= 11 is 6.54. The van der Waals surface area contributed by atoms with Crippen LogP contribution in [0, 0.1) is 0 Å². The van der Waals surface area contributed by atoms with E-state index in [0.29, 0.717) is 28.9 Å². The first kappa shape index (κ1) is 30.4. The summed E-state index contributed by atoms with van der Waals surface area (Å²) < 4.78 is 0. The molecular weight excluding hydrogens is 620 g/mol.